The molecule has 1 aliphatic rings. The number of para-hydroxylation sites is 1. The molecule has 1 heterocycles. The number of benzene rings is 1. The van der Waals surface area contributed by atoms with E-state index in [4.69, 9.17) is 5.11 Å². The lowest BCUT2D eigenvalue weighted by atomic mass is 10.1. The molecule has 0 aromatic heterocycles. The number of hydrogen-bond acceptors (Lipinski definition) is 3. The lowest BCUT2D eigenvalue weighted by molar-refractivity contribution is -0.130. The Morgan fingerprint density at radius 3 is 2.32 bits per heavy atom. The molecule has 22 heavy (non-hydrogen) atoms. The maximum Gasteiger partial charge on any atom is 0.242 e. The smallest absolute Gasteiger partial charge is 0.242 e. The minimum atomic E-state index is 0.154. The van der Waals surface area contributed by atoms with Crippen LogP contribution in [0.3, 0.4) is 0 Å². The van der Waals surface area contributed by atoms with E-state index in [2.05, 4.69) is 4.90 Å². The monoisotopic (exact) mass is 304 g/mol. The molecule has 1 aromatic rings. The summed E-state index contributed by atoms with van der Waals surface area (Å²) in [5.41, 5.74) is 1.05. The molecule has 1 saturated heterocycles. The Labute approximate surface area is 133 Å². The fourth-order valence-electron chi connectivity index (χ4n) is 2.96. The molecule has 0 unspecified atom stereocenters. The molecule has 122 valence electrons. The number of aliphatic hydroxyl groups excluding tert-OH is 1. The van der Waals surface area contributed by atoms with E-state index in [1.807, 2.05) is 35.2 Å². The second kappa shape index (κ2) is 9.46. The van der Waals surface area contributed by atoms with Crippen LogP contribution in [0.2, 0.25) is 0 Å². The van der Waals surface area contributed by atoms with Crippen molar-refractivity contribution in [2.24, 2.45) is 0 Å². The van der Waals surface area contributed by atoms with Crippen LogP contribution in [-0.2, 0) is 4.79 Å². The van der Waals surface area contributed by atoms with Crippen LogP contribution in [0.1, 0.15) is 38.5 Å². The Morgan fingerprint density at radius 2 is 1.68 bits per heavy atom. The molecule has 0 atom stereocenters. The van der Waals surface area contributed by atoms with E-state index >= 15 is 0 Å². The summed E-state index contributed by atoms with van der Waals surface area (Å²) >= 11 is 0. The van der Waals surface area contributed by atoms with Gasteiger partial charge < -0.3 is 14.9 Å². The first kappa shape index (κ1) is 16.8. The largest absolute Gasteiger partial charge is 0.396 e. The van der Waals surface area contributed by atoms with Gasteiger partial charge in [-0.2, -0.15) is 0 Å². The standard InChI is InChI=1S/C18H28N2O2/c21-15-9-14-20(17-10-5-4-6-11-17)16-18(22)19-12-7-2-1-3-8-13-19/h4-6,10-11,21H,1-3,7-9,12-16H2. The van der Waals surface area contributed by atoms with Crippen molar-refractivity contribution < 1.29 is 9.90 Å². The van der Waals surface area contributed by atoms with Crippen molar-refractivity contribution in [3.63, 3.8) is 0 Å². The van der Waals surface area contributed by atoms with Crippen LogP contribution in [0.25, 0.3) is 0 Å². The van der Waals surface area contributed by atoms with E-state index < -0.39 is 0 Å². The Kier molecular flexibility index (Phi) is 7.23. The molecular weight excluding hydrogens is 276 g/mol. The summed E-state index contributed by atoms with van der Waals surface area (Å²) in [6.45, 7) is 3.05. The molecule has 4 nitrogen and oxygen atoms in total. The van der Waals surface area contributed by atoms with E-state index in [0.29, 0.717) is 19.5 Å². The molecule has 1 fully saturated rings. The van der Waals surface area contributed by atoms with E-state index in [0.717, 1.165) is 31.6 Å². The zero-order valence-corrected chi connectivity index (χ0v) is 13.4. The normalized spacial score (nSPS) is 16.0. The summed E-state index contributed by atoms with van der Waals surface area (Å²) in [6, 6.07) is 10.0. The van der Waals surface area contributed by atoms with Crippen molar-refractivity contribution in [3.05, 3.63) is 30.3 Å². The fraction of sp³-hybridized carbons (Fsp3) is 0.611. The van der Waals surface area contributed by atoms with E-state index in [1.165, 1.54) is 19.3 Å². The third kappa shape index (κ3) is 5.34. The van der Waals surface area contributed by atoms with Gasteiger partial charge in [-0.05, 0) is 31.4 Å². The lowest BCUT2D eigenvalue weighted by Crippen LogP contribution is -2.42. The number of amides is 1. The molecule has 1 N–H and O–H groups in total. The topological polar surface area (TPSA) is 43.8 Å². The highest BCUT2D eigenvalue weighted by molar-refractivity contribution is 5.81. The fourth-order valence-corrected chi connectivity index (χ4v) is 2.96. The molecule has 0 radical (unpaired) electrons. The lowest BCUT2D eigenvalue weighted by Gasteiger charge is -2.30. The minimum Gasteiger partial charge on any atom is -0.396 e. The van der Waals surface area contributed by atoms with Gasteiger partial charge in [-0.25, -0.2) is 0 Å². The van der Waals surface area contributed by atoms with Gasteiger partial charge in [-0.3, -0.25) is 4.79 Å². The second-order valence-corrected chi connectivity index (χ2v) is 5.98. The van der Waals surface area contributed by atoms with Crippen molar-refractivity contribution in [2.75, 3.05) is 37.7 Å². The average molecular weight is 304 g/mol. The maximum absolute atomic E-state index is 12.6. The Hall–Kier alpha value is -1.55. The first-order valence-corrected chi connectivity index (χ1v) is 8.50. The number of hydrogen-bond donors (Lipinski definition) is 1. The van der Waals surface area contributed by atoms with Gasteiger partial charge >= 0.3 is 0 Å². The number of anilines is 1. The molecule has 0 aliphatic carbocycles. The third-order valence-electron chi connectivity index (χ3n) is 4.24. The predicted octanol–water partition coefficient (Wildman–Crippen LogP) is 2.67. The molecule has 1 aromatic carbocycles. The highest BCUT2D eigenvalue weighted by atomic mass is 16.3. The van der Waals surface area contributed by atoms with Crippen molar-refractivity contribution in [1.82, 2.24) is 4.90 Å². The summed E-state index contributed by atoms with van der Waals surface area (Å²) in [4.78, 5) is 16.7. The first-order chi connectivity index (χ1) is 10.8. The van der Waals surface area contributed by atoms with Crippen molar-refractivity contribution >= 4 is 11.6 Å². The molecule has 4 heteroatoms. The Morgan fingerprint density at radius 1 is 1.05 bits per heavy atom. The van der Waals surface area contributed by atoms with Gasteiger partial charge in [0.15, 0.2) is 0 Å². The van der Waals surface area contributed by atoms with Crippen LogP contribution >= 0.6 is 0 Å². The number of carbonyl (C=O) groups excluding carboxylic acids is 1. The van der Waals surface area contributed by atoms with Crippen LogP contribution < -0.4 is 4.90 Å². The number of carbonyl (C=O) groups is 1. The Bertz CT molecular complexity index is 428. The molecule has 2 rings (SSSR count). The van der Waals surface area contributed by atoms with E-state index in [-0.39, 0.29) is 12.5 Å². The Balaban J connectivity index is 1.97. The quantitative estimate of drug-likeness (QED) is 0.879. The summed E-state index contributed by atoms with van der Waals surface area (Å²) in [5.74, 6) is 0.212. The van der Waals surface area contributed by atoms with Gasteiger partial charge in [0.1, 0.15) is 0 Å². The van der Waals surface area contributed by atoms with Crippen LogP contribution in [0.15, 0.2) is 30.3 Å². The number of rotatable bonds is 6. The summed E-state index contributed by atoms with van der Waals surface area (Å²) < 4.78 is 0. The van der Waals surface area contributed by atoms with Crippen molar-refractivity contribution in [2.45, 2.75) is 38.5 Å². The summed E-state index contributed by atoms with van der Waals surface area (Å²) in [5, 5.41) is 9.09. The van der Waals surface area contributed by atoms with Gasteiger partial charge in [0.05, 0.1) is 6.54 Å². The number of nitrogens with zero attached hydrogens (tertiary/aromatic N) is 2. The third-order valence-corrected chi connectivity index (χ3v) is 4.24. The van der Waals surface area contributed by atoms with Crippen molar-refractivity contribution in [3.8, 4) is 0 Å². The zero-order chi connectivity index (χ0) is 15.6. The number of likely N-dealkylation sites (tertiary alicyclic amines) is 1. The molecule has 0 bridgehead atoms. The maximum atomic E-state index is 12.6. The van der Waals surface area contributed by atoms with Crippen LogP contribution in [0.4, 0.5) is 5.69 Å². The number of aliphatic hydroxyl groups is 1. The van der Waals surface area contributed by atoms with E-state index in [1.54, 1.807) is 0 Å². The molecule has 1 aliphatic heterocycles. The highest BCUT2D eigenvalue weighted by Crippen LogP contribution is 2.15. The van der Waals surface area contributed by atoms with Crippen LogP contribution in [0, 0.1) is 0 Å². The van der Waals surface area contributed by atoms with Crippen molar-refractivity contribution in [1.29, 1.82) is 0 Å². The second-order valence-electron chi connectivity index (χ2n) is 5.98. The predicted molar refractivity (Wildman–Crippen MR) is 90.0 cm³/mol. The molecule has 0 saturated carbocycles. The van der Waals surface area contributed by atoms with Gasteiger partial charge in [0, 0.05) is 31.9 Å². The first-order valence-electron chi connectivity index (χ1n) is 8.50. The molecule has 1 amide bonds. The minimum absolute atomic E-state index is 0.154. The zero-order valence-electron chi connectivity index (χ0n) is 13.4. The average Bonchev–Trinajstić information content (AvgIpc) is 2.51. The summed E-state index contributed by atoms with van der Waals surface area (Å²) in [7, 11) is 0. The van der Waals surface area contributed by atoms with E-state index in [9.17, 15) is 4.79 Å². The highest BCUT2D eigenvalue weighted by Gasteiger charge is 2.18. The summed E-state index contributed by atoms with van der Waals surface area (Å²) in [6.07, 6.45) is 6.69. The van der Waals surface area contributed by atoms with Gasteiger partial charge in [-0.1, -0.05) is 37.5 Å². The van der Waals surface area contributed by atoms with Gasteiger partial charge in [-0.15, -0.1) is 0 Å². The van der Waals surface area contributed by atoms with Gasteiger partial charge in [0.2, 0.25) is 5.91 Å². The van der Waals surface area contributed by atoms with Crippen LogP contribution in [0.5, 0.6) is 0 Å². The molecular formula is C18H28N2O2. The van der Waals surface area contributed by atoms with Gasteiger partial charge in [0.25, 0.3) is 0 Å². The van der Waals surface area contributed by atoms with Crippen LogP contribution in [-0.4, -0.2) is 48.7 Å². The molecule has 0 spiro atoms. The SMILES string of the molecule is O=C(CN(CCCO)c1ccccc1)N1CCCCCCC1.